The lowest BCUT2D eigenvalue weighted by atomic mass is 10.1. The number of carbonyl (C=O) groups excluding carboxylic acids is 1. The van der Waals surface area contributed by atoms with E-state index in [0.717, 1.165) is 21.8 Å². The zero-order chi connectivity index (χ0) is 17.4. The smallest absolute Gasteiger partial charge is 0.254 e. The Morgan fingerprint density at radius 3 is 2.96 bits per heavy atom. The molecule has 0 saturated carbocycles. The lowest BCUT2D eigenvalue weighted by Crippen LogP contribution is -2.24. The molecule has 3 aromatic rings. The Kier molecular flexibility index (Phi) is 3.85. The monoisotopic (exact) mass is 357 g/mol. The number of aromatic nitrogens is 4. The van der Waals surface area contributed by atoms with Crippen LogP contribution in [0.5, 0.6) is 11.5 Å². The molecular weight excluding hydrogens is 342 g/mol. The molecule has 1 aliphatic heterocycles. The van der Waals surface area contributed by atoms with E-state index in [0.29, 0.717) is 22.9 Å². The van der Waals surface area contributed by atoms with E-state index in [9.17, 15) is 4.79 Å². The van der Waals surface area contributed by atoms with Crippen LogP contribution in [0.15, 0.2) is 24.5 Å². The predicted octanol–water partition coefficient (Wildman–Crippen LogP) is 2.00. The van der Waals surface area contributed by atoms with Gasteiger partial charge in [-0.3, -0.25) is 4.79 Å². The third-order valence-electron chi connectivity index (χ3n) is 4.04. The van der Waals surface area contributed by atoms with E-state index in [1.807, 2.05) is 32.0 Å². The molecule has 0 radical (unpaired) electrons. The van der Waals surface area contributed by atoms with Crippen molar-refractivity contribution in [3.8, 4) is 16.5 Å². The number of thiophene rings is 1. The van der Waals surface area contributed by atoms with Crippen molar-refractivity contribution in [1.82, 2.24) is 25.5 Å². The minimum atomic E-state index is -0.162. The van der Waals surface area contributed by atoms with Gasteiger partial charge < -0.3 is 14.8 Å². The summed E-state index contributed by atoms with van der Waals surface area (Å²) in [5.41, 5.74) is 2.46. The molecule has 0 bridgehead atoms. The van der Waals surface area contributed by atoms with E-state index in [2.05, 4.69) is 20.8 Å². The fraction of sp³-hybridized carbons (Fsp3) is 0.250. The van der Waals surface area contributed by atoms with Crippen LogP contribution in [0.25, 0.3) is 5.00 Å². The first-order valence-electron chi connectivity index (χ1n) is 7.63. The minimum Gasteiger partial charge on any atom is -0.454 e. The molecule has 0 fully saturated rings. The second kappa shape index (κ2) is 6.17. The Morgan fingerprint density at radius 2 is 2.16 bits per heavy atom. The molecule has 8 nitrogen and oxygen atoms in total. The van der Waals surface area contributed by atoms with Crippen molar-refractivity contribution in [3.05, 3.63) is 46.1 Å². The number of benzene rings is 1. The predicted molar refractivity (Wildman–Crippen MR) is 90.2 cm³/mol. The third kappa shape index (κ3) is 2.82. The maximum Gasteiger partial charge on any atom is 0.254 e. The van der Waals surface area contributed by atoms with Crippen molar-refractivity contribution in [2.45, 2.75) is 20.4 Å². The molecule has 0 aliphatic carbocycles. The number of hydrogen-bond donors (Lipinski definition) is 1. The molecule has 0 unspecified atom stereocenters. The molecule has 128 valence electrons. The molecule has 1 aromatic carbocycles. The summed E-state index contributed by atoms with van der Waals surface area (Å²) in [4.78, 5) is 13.8. The van der Waals surface area contributed by atoms with Crippen LogP contribution in [0.2, 0.25) is 0 Å². The zero-order valence-electron chi connectivity index (χ0n) is 13.6. The SMILES string of the molecule is Cc1sc(-n2cnnn2)c(C(=O)NCc2ccc3c(c2)OCO3)c1C. The number of nitrogens with one attached hydrogen (secondary N) is 1. The van der Waals surface area contributed by atoms with Crippen LogP contribution in [0.4, 0.5) is 0 Å². The fourth-order valence-electron chi connectivity index (χ4n) is 2.61. The summed E-state index contributed by atoms with van der Waals surface area (Å²) in [5, 5.41) is 14.9. The summed E-state index contributed by atoms with van der Waals surface area (Å²) in [6, 6.07) is 5.62. The topological polar surface area (TPSA) is 91.2 Å². The Balaban J connectivity index is 1.55. The van der Waals surface area contributed by atoms with Gasteiger partial charge in [0.2, 0.25) is 6.79 Å². The third-order valence-corrected chi connectivity index (χ3v) is 5.24. The van der Waals surface area contributed by atoms with Crippen LogP contribution in [0.1, 0.15) is 26.4 Å². The van der Waals surface area contributed by atoms with Gasteiger partial charge in [-0.2, -0.15) is 4.68 Å². The number of ether oxygens (including phenoxy) is 2. The highest BCUT2D eigenvalue weighted by Gasteiger charge is 2.21. The van der Waals surface area contributed by atoms with Crippen molar-refractivity contribution in [1.29, 1.82) is 0 Å². The Morgan fingerprint density at radius 1 is 1.32 bits per heavy atom. The van der Waals surface area contributed by atoms with Gasteiger partial charge in [0.05, 0.1) is 5.56 Å². The lowest BCUT2D eigenvalue weighted by molar-refractivity contribution is 0.0950. The van der Waals surface area contributed by atoms with Crippen molar-refractivity contribution in [3.63, 3.8) is 0 Å². The second-order valence-corrected chi connectivity index (χ2v) is 6.79. The molecule has 0 saturated heterocycles. The van der Waals surface area contributed by atoms with Crippen LogP contribution in [-0.2, 0) is 6.54 Å². The second-order valence-electron chi connectivity index (χ2n) is 5.59. The highest BCUT2D eigenvalue weighted by atomic mass is 32.1. The van der Waals surface area contributed by atoms with E-state index in [-0.39, 0.29) is 12.7 Å². The van der Waals surface area contributed by atoms with Crippen molar-refractivity contribution in [2.75, 3.05) is 6.79 Å². The van der Waals surface area contributed by atoms with Gasteiger partial charge in [0.1, 0.15) is 11.3 Å². The molecule has 1 N–H and O–H groups in total. The van der Waals surface area contributed by atoms with Crippen molar-refractivity contribution in [2.24, 2.45) is 0 Å². The van der Waals surface area contributed by atoms with E-state index in [4.69, 9.17) is 9.47 Å². The molecule has 1 amide bonds. The number of nitrogens with zero attached hydrogens (tertiary/aromatic N) is 4. The number of tetrazole rings is 1. The summed E-state index contributed by atoms with van der Waals surface area (Å²) in [7, 11) is 0. The standard InChI is InChI=1S/C16H15N5O3S/c1-9-10(2)25-16(21-7-18-19-20-21)14(9)15(22)17-6-11-3-4-12-13(5-11)24-8-23-12/h3-5,7H,6,8H2,1-2H3,(H,17,22). The zero-order valence-corrected chi connectivity index (χ0v) is 14.5. The molecule has 4 rings (SSSR count). The first-order chi connectivity index (χ1) is 12.1. The quantitative estimate of drug-likeness (QED) is 0.768. The summed E-state index contributed by atoms with van der Waals surface area (Å²) in [5.74, 6) is 1.26. The maximum atomic E-state index is 12.8. The van der Waals surface area contributed by atoms with E-state index < -0.39 is 0 Å². The largest absolute Gasteiger partial charge is 0.454 e. The number of fused-ring (bicyclic) bond motifs is 1. The molecule has 3 heterocycles. The molecule has 25 heavy (non-hydrogen) atoms. The molecule has 0 atom stereocenters. The highest BCUT2D eigenvalue weighted by molar-refractivity contribution is 7.15. The molecule has 9 heteroatoms. The maximum absolute atomic E-state index is 12.8. The van der Waals surface area contributed by atoms with Crippen LogP contribution in [0.3, 0.4) is 0 Å². The van der Waals surface area contributed by atoms with Gasteiger partial charge in [-0.05, 0) is 47.5 Å². The summed E-state index contributed by atoms with van der Waals surface area (Å²) in [6.45, 7) is 4.52. The van der Waals surface area contributed by atoms with Gasteiger partial charge in [0.15, 0.2) is 11.5 Å². The Bertz CT molecular complexity index is 936. The number of carbonyl (C=O) groups is 1. The van der Waals surface area contributed by atoms with Crippen molar-refractivity contribution >= 4 is 17.2 Å². The Labute approximate surface area is 147 Å². The average molecular weight is 357 g/mol. The molecule has 0 spiro atoms. The van der Waals surface area contributed by atoms with E-state index >= 15 is 0 Å². The van der Waals surface area contributed by atoms with Gasteiger partial charge in [0, 0.05) is 11.4 Å². The summed E-state index contributed by atoms with van der Waals surface area (Å²) >= 11 is 1.49. The van der Waals surface area contributed by atoms with Gasteiger partial charge in [0.25, 0.3) is 5.91 Å². The molecule has 1 aliphatic rings. The average Bonchev–Trinajstić information content (AvgIpc) is 3.33. The van der Waals surface area contributed by atoms with Crippen LogP contribution in [0, 0.1) is 13.8 Å². The highest BCUT2D eigenvalue weighted by Crippen LogP contribution is 2.33. The summed E-state index contributed by atoms with van der Waals surface area (Å²) in [6.07, 6.45) is 1.49. The number of rotatable bonds is 4. The van der Waals surface area contributed by atoms with Crippen LogP contribution < -0.4 is 14.8 Å². The lowest BCUT2D eigenvalue weighted by Gasteiger charge is -2.08. The van der Waals surface area contributed by atoms with E-state index in [1.54, 1.807) is 0 Å². The van der Waals surface area contributed by atoms with Gasteiger partial charge in [-0.15, -0.1) is 16.4 Å². The Hall–Kier alpha value is -2.94. The first kappa shape index (κ1) is 15.6. The molecular formula is C16H15N5O3S. The van der Waals surface area contributed by atoms with Crippen molar-refractivity contribution < 1.29 is 14.3 Å². The normalized spacial score (nSPS) is 12.4. The van der Waals surface area contributed by atoms with Gasteiger partial charge in [-0.25, -0.2) is 0 Å². The number of aryl methyl sites for hydroxylation is 1. The number of hydrogen-bond acceptors (Lipinski definition) is 7. The first-order valence-corrected chi connectivity index (χ1v) is 8.45. The van der Waals surface area contributed by atoms with E-state index in [1.165, 1.54) is 22.3 Å². The molecule has 2 aromatic heterocycles. The van der Waals surface area contributed by atoms with Gasteiger partial charge >= 0.3 is 0 Å². The summed E-state index contributed by atoms with van der Waals surface area (Å²) < 4.78 is 12.2. The fourth-order valence-corrected chi connectivity index (χ4v) is 3.68. The minimum absolute atomic E-state index is 0.162. The number of amides is 1. The van der Waals surface area contributed by atoms with Gasteiger partial charge in [-0.1, -0.05) is 6.07 Å². The van der Waals surface area contributed by atoms with Crippen LogP contribution >= 0.6 is 11.3 Å². The van der Waals surface area contributed by atoms with Crippen LogP contribution in [-0.4, -0.2) is 32.9 Å².